The predicted octanol–water partition coefficient (Wildman–Crippen LogP) is 1.04. The van der Waals surface area contributed by atoms with Crippen LogP contribution < -0.4 is 5.32 Å². The summed E-state index contributed by atoms with van der Waals surface area (Å²) in [5, 5.41) is 23.8. The van der Waals surface area contributed by atoms with Crippen LogP contribution in [0.25, 0.3) is 10.6 Å². The molecular weight excluding hydrogens is 248 g/mol. The summed E-state index contributed by atoms with van der Waals surface area (Å²) in [6.07, 6.45) is 2.68. The Hall–Kier alpha value is -1.24. The fourth-order valence-electron chi connectivity index (χ4n) is 2.28. The lowest BCUT2D eigenvalue weighted by molar-refractivity contribution is 0.0391. The van der Waals surface area contributed by atoms with Crippen LogP contribution in [-0.2, 0) is 6.54 Å². The van der Waals surface area contributed by atoms with E-state index in [1.165, 1.54) is 5.56 Å². The van der Waals surface area contributed by atoms with Crippen LogP contribution in [0.5, 0.6) is 0 Å². The fraction of sp³-hybridized carbons (Fsp3) is 0.500. The largest absolute Gasteiger partial charge is 0.387 e. The number of nitrogens with one attached hydrogen (secondary N) is 1. The van der Waals surface area contributed by atoms with Crippen LogP contribution in [0.3, 0.4) is 0 Å². The molecule has 1 aliphatic rings. The average Bonchev–Trinajstić information content (AvgIpc) is 3.01. The van der Waals surface area contributed by atoms with Crippen LogP contribution in [0, 0.1) is 6.92 Å². The second-order valence-corrected chi connectivity index (χ2v) is 5.80. The van der Waals surface area contributed by atoms with E-state index in [0.29, 0.717) is 13.1 Å². The van der Waals surface area contributed by atoms with Crippen molar-refractivity contribution in [2.45, 2.75) is 25.5 Å². The molecule has 0 radical (unpaired) electrons. The molecule has 3 heterocycles. The fourth-order valence-corrected chi connectivity index (χ4v) is 3.16. The first kappa shape index (κ1) is 11.8. The van der Waals surface area contributed by atoms with Crippen LogP contribution in [0.1, 0.15) is 12.0 Å². The van der Waals surface area contributed by atoms with Gasteiger partial charge in [-0.2, -0.15) is 0 Å². The van der Waals surface area contributed by atoms with E-state index in [1.54, 1.807) is 16.0 Å². The van der Waals surface area contributed by atoms with Crippen molar-refractivity contribution in [3.8, 4) is 10.6 Å². The summed E-state index contributed by atoms with van der Waals surface area (Å²) in [7, 11) is 0. The summed E-state index contributed by atoms with van der Waals surface area (Å²) in [4.78, 5) is 1.15. The maximum Gasteiger partial charge on any atom is 0.123 e. The number of β-amino-alcohol motifs (C(OH)–C–C–N with tert-alkyl or cyclic N) is 1. The van der Waals surface area contributed by atoms with Crippen molar-refractivity contribution in [1.82, 2.24) is 20.3 Å². The number of aliphatic hydroxyl groups is 1. The van der Waals surface area contributed by atoms with Gasteiger partial charge in [0.15, 0.2) is 0 Å². The quantitative estimate of drug-likeness (QED) is 0.869. The van der Waals surface area contributed by atoms with Gasteiger partial charge in [-0.05, 0) is 36.9 Å². The molecule has 0 saturated carbocycles. The first-order chi connectivity index (χ1) is 8.66. The number of aromatic nitrogens is 3. The minimum atomic E-state index is -0.685. The molecule has 1 saturated heterocycles. The zero-order valence-electron chi connectivity index (χ0n) is 10.3. The number of hydrogen-bond donors (Lipinski definition) is 2. The lowest BCUT2D eigenvalue weighted by Crippen LogP contribution is -2.36. The van der Waals surface area contributed by atoms with E-state index in [0.717, 1.165) is 23.5 Å². The summed E-state index contributed by atoms with van der Waals surface area (Å²) in [5.74, 6) is 0. The van der Waals surface area contributed by atoms with Gasteiger partial charge in [0, 0.05) is 6.54 Å². The van der Waals surface area contributed by atoms with Crippen molar-refractivity contribution < 1.29 is 5.11 Å². The van der Waals surface area contributed by atoms with Crippen LogP contribution >= 0.6 is 11.3 Å². The molecule has 18 heavy (non-hydrogen) atoms. The van der Waals surface area contributed by atoms with E-state index in [2.05, 4.69) is 34.0 Å². The first-order valence-electron chi connectivity index (χ1n) is 6.04. The summed E-state index contributed by atoms with van der Waals surface area (Å²) >= 11 is 1.67. The first-order valence-corrected chi connectivity index (χ1v) is 6.92. The molecule has 6 heteroatoms. The van der Waals surface area contributed by atoms with Crippen molar-refractivity contribution in [3.05, 3.63) is 23.2 Å². The zero-order chi connectivity index (χ0) is 12.6. The molecule has 1 aliphatic heterocycles. The molecule has 1 fully saturated rings. The monoisotopic (exact) mass is 264 g/mol. The van der Waals surface area contributed by atoms with E-state index < -0.39 is 5.60 Å². The molecule has 5 nitrogen and oxygen atoms in total. The Kier molecular flexibility index (Phi) is 2.93. The maximum atomic E-state index is 10.3. The Labute approximate surface area is 109 Å². The van der Waals surface area contributed by atoms with E-state index in [9.17, 15) is 5.11 Å². The van der Waals surface area contributed by atoms with Gasteiger partial charge in [-0.15, -0.1) is 16.4 Å². The van der Waals surface area contributed by atoms with E-state index in [1.807, 2.05) is 6.20 Å². The van der Waals surface area contributed by atoms with Crippen molar-refractivity contribution in [2.24, 2.45) is 0 Å². The molecule has 2 aromatic heterocycles. The highest BCUT2D eigenvalue weighted by molar-refractivity contribution is 7.13. The number of nitrogens with zero attached hydrogens (tertiary/aromatic N) is 3. The summed E-state index contributed by atoms with van der Waals surface area (Å²) in [5.41, 5.74) is 1.42. The van der Waals surface area contributed by atoms with Crippen LogP contribution in [0.4, 0.5) is 0 Å². The lowest BCUT2D eigenvalue weighted by atomic mass is 10.0. The molecule has 1 atom stereocenters. The van der Waals surface area contributed by atoms with Gasteiger partial charge in [-0.3, -0.25) is 0 Å². The smallest absolute Gasteiger partial charge is 0.123 e. The van der Waals surface area contributed by atoms with Gasteiger partial charge in [-0.25, -0.2) is 4.68 Å². The zero-order valence-corrected chi connectivity index (χ0v) is 11.1. The van der Waals surface area contributed by atoms with Crippen molar-refractivity contribution in [1.29, 1.82) is 0 Å². The topological polar surface area (TPSA) is 63.0 Å². The summed E-state index contributed by atoms with van der Waals surface area (Å²) in [6, 6.07) is 2.08. The summed E-state index contributed by atoms with van der Waals surface area (Å²) in [6.45, 7) is 4.05. The van der Waals surface area contributed by atoms with Crippen LogP contribution in [0.2, 0.25) is 0 Å². The molecule has 96 valence electrons. The highest BCUT2D eigenvalue weighted by atomic mass is 32.1. The third-order valence-electron chi connectivity index (χ3n) is 3.31. The third-order valence-corrected chi connectivity index (χ3v) is 4.35. The van der Waals surface area contributed by atoms with Gasteiger partial charge in [0.25, 0.3) is 0 Å². The third kappa shape index (κ3) is 2.19. The second-order valence-electron chi connectivity index (χ2n) is 4.89. The molecule has 2 aromatic rings. The molecule has 0 aromatic carbocycles. The molecule has 0 amide bonds. The molecular formula is C12H16N4OS. The molecule has 0 aliphatic carbocycles. The van der Waals surface area contributed by atoms with E-state index in [4.69, 9.17) is 0 Å². The minimum Gasteiger partial charge on any atom is -0.387 e. The molecule has 1 unspecified atom stereocenters. The second kappa shape index (κ2) is 4.46. The molecule has 0 spiro atoms. The number of aryl methyl sites for hydroxylation is 1. The van der Waals surface area contributed by atoms with Gasteiger partial charge in [0.05, 0.1) is 23.2 Å². The highest BCUT2D eigenvalue weighted by Gasteiger charge is 2.31. The Morgan fingerprint density at radius 1 is 1.61 bits per heavy atom. The highest BCUT2D eigenvalue weighted by Crippen LogP contribution is 2.27. The van der Waals surface area contributed by atoms with Gasteiger partial charge in [0.2, 0.25) is 0 Å². The van der Waals surface area contributed by atoms with Crippen molar-refractivity contribution in [2.75, 3.05) is 13.1 Å². The number of hydrogen-bond acceptors (Lipinski definition) is 5. The molecule has 2 N–H and O–H groups in total. The SMILES string of the molecule is Cc1ccsc1-c1cn(CC2(O)CCNC2)nn1. The minimum absolute atomic E-state index is 0.497. The Morgan fingerprint density at radius 3 is 3.17 bits per heavy atom. The number of rotatable bonds is 3. The van der Waals surface area contributed by atoms with Gasteiger partial charge >= 0.3 is 0 Å². The summed E-state index contributed by atoms with van der Waals surface area (Å²) < 4.78 is 1.74. The van der Waals surface area contributed by atoms with Gasteiger partial charge < -0.3 is 10.4 Å². The average molecular weight is 264 g/mol. The molecule has 0 bridgehead atoms. The van der Waals surface area contributed by atoms with Gasteiger partial charge in [-0.1, -0.05) is 5.21 Å². The Balaban J connectivity index is 1.80. The van der Waals surface area contributed by atoms with Crippen LogP contribution in [-0.4, -0.2) is 38.8 Å². The normalized spacial score (nSPS) is 23.7. The maximum absolute atomic E-state index is 10.3. The Bertz CT molecular complexity index is 542. The van der Waals surface area contributed by atoms with Crippen molar-refractivity contribution in [3.63, 3.8) is 0 Å². The van der Waals surface area contributed by atoms with E-state index in [-0.39, 0.29) is 0 Å². The van der Waals surface area contributed by atoms with Crippen LogP contribution in [0.15, 0.2) is 17.6 Å². The Morgan fingerprint density at radius 2 is 2.50 bits per heavy atom. The van der Waals surface area contributed by atoms with Gasteiger partial charge in [0.1, 0.15) is 5.69 Å². The number of thiophene rings is 1. The lowest BCUT2D eigenvalue weighted by Gasteiger charge is -2.20. The van der Waals surface area contributed by atoms with E-state index >= 15 is 0 Å². The predicted molar refractivity (Wildman–Crippen MR) is 70.5 cm³/mol. The standard InChI is InChI=1S/C12H16N4OS/c1-9-2-5-18-11(9)10-6-16(15-14-10)8-12(17)3-4-13-7-12/h2,5-6,13,17H,3-4,7-8H2,1H3. The molecule has 3 rings (SSSR count). The van der Waals surface area contributed by atoms with Crippen molar-refractivity contribution >= 4 is 11.3 Å².